The third kappa shape index (κ3) is 5.68. The van der Waals surface area contributed by atoms with Crippen molar-refractivity contribution in [3.05, 3.63) is 35.5 Å². The molecule has 0 aromatic heterocycles. The van der Waals surface area contributed by atoms with Crippen molar-refractivity contribution in [2.75, 3.05) is 0 Å². The van der Waals surface area contributed by atoms with Crippen LogP contribution in [0.2, 0.25) is 0 Å². The second-order valence-electron chi connectivity index (χ2n) is 11.6. The summed E-state index contributed by atoms with van der Waals surface area (Å²) in [6, 6.07) is 0. The van der Waals surface area contributed by atoms with Crippen LogP contribution in [0.15, 0.2) is 35.5 Å². The Kier molecular flexibility index (Phi) is 7.72. The number of allylic oxidation sites excluding steroid dienone is 3. The van der Waals surface area contributed by atoms with Crippen molar-refractivity contribution in [3.8, 4) is 0 Å². The molecular weight excluding hydrogens is 368 g/mol. The molecule has 3 saturated carbocycles. The largest absolute Gasteiger partial charge is 0.390 e. The number of rotatable bonds is 6. The molecule has 0 aliphatic heterocycles. The van der Waals surface area contributed by atoms with E-state index in [-0.39, 0.29) is 6.10 Å². The minimum Gasteiger partial charge on any atom is -0.390 e. The first kappa shape index (κ1) is 23.8. The summed E-state index contributed by atoms with van der Waals surface area (Å²) in [7, 11) is 0. The minimum atomic E-state index is -0.536. The van der Waals surface area contributed by atoms with Crippen molar-refractivity contribution >= 4 is 0 Å². The predicted octanol–water partition coefficient (Wildman–Crippen LogP) is 7.12. The van der Waals surface area contributed by atoms with Gasteiger partial charge in [0.15, 0.2) is 0 Å². The van der Waals surface area contributed by atoms with Gasteiger partial charge in [0.2, 0.25) is 0 Å². The van der Waals surface area contributed by atoms with E-state index in [4.69, 9.17) is 0 Å². The molecule has 2 N–H and O–H groups in total. The molecule has 3 rings (SSSR count). The van der Waals surface area contributed by atoms with Crippen LogP contribution < -0.4 is 0 Å². The monoisotopic (exact) mass is 414 g/mol. The second kappa shape index (κ2) is 9.74. The third-order valence-corrected chi connectivity index (χ3v) is 8.64. The lowest BCUT2D eigenvalue weighted by atomic mass is 9.51. The van der Waals surface area contributed by atoms with Crippen LogP contribution in [0.5, 0.6) is 0 Å². The zero-order valence-corrected chi connectivity index (χ0v) is 20.1. The maximum absolute atomic E-state index is 10.2. The summed E-state index contributed by atoms with van der Waals surface area (Å²) in [6.07, 6.45) is 18.5. The van der Waals surface area contributed by atoms with Gasteiger partial charge in [0.1, 0.15) is 0 Å². The lowest BCUT2D eigenvalue weighted by Crippen LogP contribution is -2.44. The maximum Gasteiger partial charge on any atom is 0.0784 e. The molecule has 5 atom stereocenters. The van der Waals surface area contributed by atoms with E-state index in [1.807, 2.05) is 13.8 Å². The Balaban J connectivity index is 1.70. The molecule has 30 heavy (non-hydrogen) atoms. The Bertz CT molecular complexity index is 665. The number of aliphatic hydroxyl groups excluding tert-OH is 1. The normalized spacial score (nSPS) is 36.7. The Morgan fingerprint density at radius 3 is 2.63 bits per heavy atom. The molecule has 0 aromatic rings. The molecule has 0 aromatic carbocycles. The lowest BCUT2D eigenvalue weighted by molar-refractivity contribution is -0.00356. The molecule has 3 aliphatic rings. The van der Waals surface area contributed by atoms with Crippen LogP contribution in [0, 0.1) is 23.2 Å². The van der Waals surface area contributed by atoms with Gasteiger partial charge in [-0.3, -0.25) is 0 Å². The molecule has 170 valence electrons. The first-order valence-corrected chi connectivity index (χ1v) is 12.6. The van der Waals surface area contributed by atoms with E-state index in [2.05, 4.69) is 32.6 Å². The minimum absolute atomic E-state index is 0.344. The number of fused-ring (bicyclic) bond motifs is 1. The highest BCUT2D eigenvalue weighted by Crippen LogP contribution is 2.57. The Labute approximate surface area is 185 Å². The number of aliphatic hydroxyl groups is 2. The topological polar surface area (TPSA) is 40.5 Å². The quantitative estimate of drug-likeness (QED) is 0.454. The maximum atomic E-state index is 10.2. The van der Waals surface area contributed by atoms with Crippen LogP contribution in [0.4, 0.5) is 0 Å². The lowest BCUT2D eigenvalue weighted by Gasteiger charge is -2.54. The molecular formula is C28H46O2. The SMILES string of the molecule is C=C1CC/C(=C\C=C2/CCC[C@@]3(C)C2CCCC3[C@@H](C)CCCC(C)(C)O)C[C@H]1O. The Hall–Kier alpha value is -0.860. The highest BCUT2D eigenvalue weighted by atomic mass is 16.3. The highest BCUT2D eigenvalue weighted by Gasteiger charge is 2.48. The van der Waals surface area contributed by atoms with Gasteiger partial charge >= 0.3 is 0 Å². The van der Waals surface area contributed by atoms with Gasteiger partial charge < -0.3 is 10.2 Å². The molecule has 0 bridgehead atoms. The van der Waals surface area contributed by atoms with Gasteiger partial charge in [-0.15, -0.1) is 0 Å². The second-order valence-corrected chi connectivity index (χ2v) is 11.6. The van der Waals surface area contributed by atoms with Crippen molar-refractivity contribution in [3.63, 3.8) is 0 Å². The van der Waals surface area contributed by atoms with Crippen molar-refractivity contribution in [1.29, 1.82) is 0 Å². The van der Waals surface area contributed by atoms with Crippen LogP contribution in [0.25, 0.3) is 0 Å². The van der Waals surface area contributed by atoms with Gasteiger partial charge in [0.05, 0.1) is 11.7 Å². The Morgan fingerprint density at radius 2 is 1.93 bits per heavy atom. The van der Waals surface area contributed by atoms with Crippen molar-refractivity contribution in [2.45, 2.75) is 116 Å². The van der Waals surface area contributed by atoms with Crippen LogP contribution >= 0.6 is 0 Å². The van der Waals surface area contributed by atoms with Gasteiger partial charge in [0.25, 0.3) is 0 Å². The van der Waals surface area contributed by atoms with E-state index in [0.29, 0.717) is 5.41 Å². The molecule has 2 heteroatoms. The molecule has 0 radical (unpaired) electrons. The van der Waals surface area contributed by atoms with Crippen LogP contribution in [0.1, 0.15) is 105 Å². The van der Waals surface area contributed by atoms with E-state index in [9.17, 15) is 10.2 Å². The van der Waals surface area contributed by atoms with Gasteiger partial charge in [0, 0.05) is 0 Å². The summed E-state index contributed by atoms with van der Waals surface area (Å²) in [5, 5.41) is 20.2. The standard InChI is InChI=1S/C28H46O2/c1-20(9-7-17-27(3,4)30)24-11-6-12-25-23(10-8-18-28(24,25)5)16-15-22-14-13-21(2)26(29)19-22/h15-16,20,24-26,29-30H,2,6-14,17-19H2,1,3-5H3/b22-15+,23-16+/t20-,24?,25?,26+,28+/m0/s1. The molecule has 2 nitrogen and oxygen atoms in total. The zero-order valence-electron chi connectivity index (χ0n) is 20.1. The first-order valence-electron chi connectivity index (χ1n) is 12.6. The fourth-order valence-electron chi connectivity index (χ4n) is 6.83. The molecule has 0 amide bonds. The van der Waals surface area contributed by atoms with Gasteiger partial charge in [-0.2, -0.15) is 0 Å². The van der Waals surface area contributed by atoms with E-state index in [1.54, 1.807) is 5.57 Å². The summed E-state index contributed by atoms with van der Waals surface area (Å²) in [5.41, 5.74) is 3.95. The van der Waals surface area contributed by atoms with Crippen molar-refractivity contribution in [2.24, 2.45) is 23.2 Å². The van der Waals surface area contributed by atoms with E-state index >= 15 is 0 Å². The van der Waals surface area contributed by atoms with Gasteiger partial charge in [-0.1, -0.05) is 63.0 Å². The van der Waals surface area contributed by atoms with Crippen LogP contribution in [-0.4, -0.2) is 21.9 Å². The number of hydrogen-bond donors (Lipinski definition) is 2. The fourth-order valence-corrected chi connectivity index (χ4v) is 6.83. The van der Waals surface area contributed by atoms with Crippen LogP contribution in [-0.2, 0) is 0 Å². The summed E-state index contributed by atoms with van der Waals surface area (Å²) in [5.74, 6) is 2.26. The van der Waals surface area contributed by atoms with Gasteiger partial charge in [-0.25, -0.2) is 0 Å². The average Bonchev–Trinajstić information content (AvgIpc) is 2.66. The van der Waals surface area contributed by atoms with E-state index in [0.717, 1.165) is 55.4 Å². The summed E-state index contributed by atoms with van der Waals surface area (Å²) in [6.45, 7) is 12.9. The average molecular weight is 415 g/mol. The van der Waals surface area contributed by atoms with Crippen molar-refractivity contribution < 1.29 is 10.2 Å². The van der Waals surface area contributed by atoms with Crippen molar-refractivity contribution in [1.82, 2.24) is 0 Å². The molecule has 3 aliphatic carbocycles. The molecule has 2 unspecified atom stereocenters. The van der Waals surface area contributed by atoms with Gasteiger partial charge in [-0.05, 0) is 100 Å². The summed E-state index contributed by atoms with van der Waals surface area (Å²) < 4.78 is 0. The molecule has 0 heterocycles. The highest BCUT2D eigenvalue weighted by molar-refractivity contribution is 5.27. The van der Waals surface area contributed by atoms with Crippen LogP contribution in [0.3, 0.4) is 0 Å². The molecule has 0 spiro atoms. The fraction of sp³-hybridized carbons (Fsp3) is 0.786. The third-order valence-electron chi connectivity index (χ3n) is 8.64. The predicted molar refractivity (Wildman–Crippen MR) is 127 cm³/mol. The summed E-state index contributed by atoms with van der Waals surface area (Å²) >= 11 is 0. The number of hydrogen-bond acceptors (Lipinski definition) is 2. The molecule has 3 fully saturated rings. The van der Waals surface area contributed by atoms with E-state index < -0.39 is 5.60 Å². The van der Waals surface area contributed by atoms with E-state index in [1.165, 1.54) is 50.5 Å². The molecule has 0 saturated heterocycles. The first-order chi connectivity index (χ1) is 14.1. The zero-order chi connectivity index (χ0) is 21.9. The summed E-state index contributed by atoms with van der Waals surface area (Å²) in [4.78, 5) is 0. The smallest absolute Gasteiger partial charge is 0.0784 e. The Morgan fingerprint density at radius 1 is 1.17 bits per heavy atom.